The van der Waals surface area contributed by atoms with E-state index in [4.69, 9.17) is 9.47 Å². The molecule has 1 saturated carbocycles. The lowest BCUT2D eigenvalue weighted by Gasteiger charge is -2.36. The second-order valence-corrected chi connectivity index (χ2v) is 5.49. The van der Waals surface area contributed by atoms with Crippen molar-refractivity contribution in [2.75, 3.05) is 20.3 Å². The molecular formula is C16H21NO5. The number of nitrogens with one attached hydrogen (secondary N) is 1. The first-order chi connectivity index (χ1) is 10.6. The highest BCUT2D eigenvalue weighted by Gasteiger charge is 2.45. The molecule has 1 aromatic carbocycles. The summed E-state index contributed by atoms with van der Waals surface area (Å²) in [7, 11) is 1.59. The van der Waals surface area contributed by atoms with Gasteiger partial charge in [0.2, 0.25) is 5.91 Å². The van der Waals surface area contributed by atoms with E-state index in [1.807, 2.05) is 0 Å². The van der Waals surface area contributed by atoms with E-state index >= 15 is 0 Å². The summed E-state index contributed by atoms with van der Waals surface area (Å²) in [4.78, 5) is 23.0. The lowest BCUT2D eigenvalue weighted by Crippen LogP contribution is -2.43. The van der Waals surface area contributed by atoms with E-state index in [-0.39, 0.29) is 12.3 Å². The van der Waals surface area contributed by atoms with Crippen LogP contribution in [-0.2, 0) is 9.59 Å². The van der Waals surface area contributed by atoms with Crippen molar-refractivity contribution in [3.05, 3.63) is 24.3 Å². The van der Waals surface area contributed by atoms with Crippen molar-refractivity contribution in [3.63, 3.8) is 0 Å². The Hall–Kier alpha value is -2.24. The number of carboxylic acid groups (broad SMARTS) is 1. The number of rotatable bonds is 8. The number of carbonyl (C=O) groups is 2. The number of aliphatic carboxylic acids is 1. The van der Waals surface area contributed by atoms with Gasteiger partial charge in [-0.25, -0.2) is 0 Å². The number of carbonyl (C=O) groups excluding carboxylic acids is 1. The fourth-order valence-electron chi connectivity index (χ4n) is 2.47. The van der Waals surface area contributed by atoms with Crippen molar-refractivity contribution >= 4 is 11.9 Å². The van der Waals surface area contributed by atoms with E-state index in [0.717, 1.165) is 12.2 Å². The quantitative estimate of drug-likeness (QED) is 0.716. The van der Waals surface area contributed by atoms with Crippen LogP contribution in [0.3, 0.4) is 0 Å². The Kier molecular flexibility index (Phi) is 5.25. The number of benzene rings is 1. The molecule has 0 radical (unpaired) electrons. The highest BCUT2D eigenvalue weighted by molar-refractivity contribution is 5.85. The summed E-state index contributed by atoms with van der Waals surface area (Å²) in [5, 5.41) is 11.9. The number of ether oxygens (including phenoxy) is 2. The van der Waals surface area contributed by atoms with Crippen molar-refractivity contribution < 1.29 is 24.2 Å². The predicted molar refractivity (Wildman–Crippen MR) is 80.0 cm³/mol. The zero-order valence-electron chi connectivity index (χ0n) is 12.6. The van der Waals surface area contributed by atoms with Gasteiger partial charge >= 0.3 is 5.97 Å². The molecule has 2 N–H and O–H groups in total. The van der Waals surface area contributed by atoms with Crippen LogP contribution in [0.1, 0.15) is 25.7 Å². The number of amides is 1. The Morgan fingerprint density at radius 1 is 1.23 bits per heavy atom. The van der Waals surface area contributed by atoms with E-state index in [2.05, 4.69) is 5.32 Å². The third-order valence-corrected chi connectivity index (χ3v) is 4.02. The number of hydrogen-bond acceptors (Lipinski definition) is 4. The molecule has 0 bridgehead atoms. The number of carboxylic acids is 1. The fraction of sp³-hybridized carbons (Fsp3) is 0.500. The van der Waals surface area contributed by atoms with Gasteiger partial charge in [0.25, 0.3) is 0 Å². The average Bonchev–Trinajstić information content (AvgIpc) is 2.47. The van der Waals surface area contributed by atoms with Crippen LogP contribution in [0.5, 0.6) is 11.5 Å². The van der Waals surface area contributed by atoms with Crippen molar-refractivity contribution in [2.45, 2.75) is 25.7 Å². The maximum atomic E-state index is 11.8. The average molecular weight is 307 g/mol. The molecule has 6 nitrogen and oxygen atoms in total. The molecule has 2 rings (SSSR count). The molecule has 1 aromatic rings. The summed E-state index contributed by atoms with van der Waals surface area (Å²) in [5.74, 6) is 0.333. The standard InChI is InChI=1S/C16H21NO5/c1-21-12-3-5-13(6-4-12)22-10-9-17-14(18)11-16(15(19)20)7-2-8-16/h3-6H,2,7-11H2,1H3,(H,17,18)(H,19,20). The third kappa shape index (κ3) is 3.90. The fourth-order valence-corrected chi connectivity index (χ4v) is 2.47. The van der Waals surface area contributed by atoms with Crippen molar-refractivity contribution in [1.82, 2.24) is 5.32 Å². The Balaban J connectivity index is 1.67. The van der Waals surface area contributed by atoms with Crippen LogP contribution in [0.15, 0.2) is 24.3 Å². The first kappa shape index (κ1) is 16.1. The number of hydrogen-bond donors (Lipinski definition) is 2. The summed E-state index contributed by atoms with van der Waals surface area (Å²) in [5.41, 5.74) is -0.846. The van der Waals surface area contributed by atoms with Gasteiger partial charge in [-0.2, -0.15) is 0 Å². The molecule has 0 spiro atoms. The van der Waals surface area contributed by atoms with Crippen LogP contribution >= 0.6 is 0 Å². The number of methoxy groups -OCH3 is 1. The maximum absolute atomic E-state index is 11.8. The SMILES string of the molecule is COc1ccc(OCCNC(=O)CC2(C(=O)O)CCC2)cc1. The van der Waals surface area contributed by atoms with Gasteiger partial charge < -0.3 is 19.9 Å². The minimum atomic E-state index is -0.872. The lowest BCUT2D eigenvalue weighted by molar-refractivity contribution is -0.157. The minimum absolute atomic E-state index is 0.0465. The molecule has 0 saturated heterocycles. The molecule has 1 fully saturated rings. The van der Waals surface area contributed by atoms with Gasteiger partial charge in [-0.3, -0.25) is 9.59 Å². The van der Waals surface area contributed by atoms with E-state index < -0.39 is 11.4 Å². The van der Waals surface area contributed by atoms with Gasteiger partial charge in [-0.1, -0.05) is 6.42 Å². The van der Waals surface area contributed by atoms with Crippen LogP contribution in [-0.4, -0.2) is 37.2 Å². The predicted octanol–water partition coefficient (Wildman–Crippen LogP) is 1.84. The highest BCUT2D eigenvalue weighted by atomic mass is 16.5. The summed E-state index contributed by atoms with van der Waals surface area (Å²) in [6.07, 6.45) is 2.08. The van der Waals surface area contributed by atoms with Crippen LogP contribution in [0, 0.1) is 5.41 Å². The first-order valence-corrected chi connectivity index (χ1v) is 7.33. The van der Waals surface area contributed by atoms with Gasteiger partial charge in [0, 0.05) is 6.42 Å². The van der Waals surface area contributed by atoms with E-state index in [1.165, 1.54) is 0 Å². The van der Waals surface area contributed by atoms with Gasteiger partial charge in [0.15, 0.2) is 0 Å². The van der Waals surface area contributed by atoms with Crippen LogP contribution in [0.25, 0.3) is 0 Å². The Morgan fingerprint density at radius 2 is 1.86 bits per heavy atom. The summed E-state index contributed by atoms with van der Waals surface area (Å²) >= 11 is 0. The topological polar surface area (TPSA) is 84.9 Å². The molecule has 6 heteroatoms. The van der Waals surface area contributed by atoms with Crippen LogP contribution < -0.4 is 14.8 Å². The van der Waals surface area contributed by atoms with Crippen molar-refractivity contribution in [3.8, 4) is 11.5 Å². The Morgan fingerprint density at radius 3 is 2.36 bits per heavy atom. The van der Waals surface area contributed by atoms with Gasteiger partial charge in [-0.15, -0.1) is 0 Å². The molecule has 120 valence electrons. The lowest BCUT2D eigenvalue weighted by atomic mass is 9.66. The highest BCUT2D eigenvalue weighted by Crippen LogP contribution is 2.44. The van der Waals surface area contributed by atoms with E-state index in [9.17, 15) is 14.7 Å². The molecule has 22 heavy (non-hydrogen) atoms. The summed E-state index contributed by atoms with van der Waals surface area (Å²) in [6, 6.07) is 7.16. The molecule has 0 unspecified atom stereocenters. The van der Waals surface area contributed by atoms with Crippen molar-refractivity contribution in [1.29, 1.82) is 0 Å². The molecule has 1 aliphatic rings. The Labute approximate surface area is 129 Å². The zero-order chi connectivity index (χ0) is 16.0. The summed E-state index contributed by atoms with van der Waals surface area (Å²) in [6.45, 7) is 0.679. The molecular weight excluding hydrogens is 286 g/mol. The third-order valence-electron chi connectivity index (χ3n) is 4.02. The van der Waals surface area contributed by atoms with Gasteiger partial charge in [0.1, 0.15) is 18.1 Å². The molecule has 1 aliphatic carbocycles. The summed E-state index contributed by atoms with van der Waals surface area (Å²) < 4.78 is 10.5. The second-order valence-electron chi connectivity index (χ2n) is 5.49. The minimum Gasteiger partial charge on any atom is -0.497 e. The maximum Gasteiger partial charge on any atom is 0.310 e. The molecule has 0 heterocycles. The molecule has 0 atom stereocenters. The van der Waals surface area contributed by atoms with E-state index in [1.54, 1.807) is 31.4 Å². The normalized spacial score (nSPS) is 15.5. The molecule has 0 aromatic heterocycles. The van der Waals surface area contributed by atoms with Crippen molar-refractivity contribution in [2.24, 2.45) is 5.41 Å². The smallest absolute Gasteiger partial charge is 0.310 e. The molecule has 0 aliphatic heterocycles. The monoisotopic (exact) mass is 307 g/mol. The first-order valence-electron chi connectivity index (χ1n) is 7.33. The van der Waals surface area contributed by atoms with E-state index in [0.29, 0.717) is 31.7 Å². The molecule has 1 amide bonds. The van der Waals surface area contributed by atoms with Crippen LogP contribution in [0.4, 0.5) is 0 Å². The second kappa shape index (κ2) is 7.15. The van der Waals surface area contributed by atoms with Crippen LogP contribution in [0.2, 0.25) is 0 Å². The Bertz CT molecular complexity index is 522. The van der Waals surface area contributed by atoms with Gasteiger partial charge in [0.05, 0.1) is 19.1 Å². The largest absolute Gasteiger partial charge is 0.497 e. The van der Waals surface area contributed by atoms with Gasteiger partial charge in [-0.05, 0) is 37.1 Å². The zero-order valence-corrected chi connectivity index (χ0v) is 12.6.